The van der Waals surface area contributed by atoms with Crippen LogP contribution in [0, 0.1) is 17.3 Å². The molecule has 1 aromatic carbocycles. The van der Waals surface area contributed by atoms with E-state index in [0.29, 0.717) is 30.8 Å². The second-order valence-corrected chi connectivity index (χ2v) is 8.55. The summed E-state index contributed by atoms with van der Waals surface area (Å²) in [6, 6.07) is 5.96. The lowest BCUT2D eigenvalue weighted by Crippen LogP contribution is -2.43. The van der Waals surface area contributed by atoms with Crippen molar-refractivity contribution in [2.45, 2.75) is 57.5 Å². The number of aliphatic hydroxyl groups excluding tert-OH is 1. The predicted molar refractivity (Wildman–Crippen MR) is 110 cm³/mol. The highest BCUT2D eigenvalue weighted by Gasteiger charge is 2.54. The molecule has 0 unspecified atom stereocenters. The van der Waals surface area contributed by atoms with Crippen LogP contribution < -0.4 is 0 Å². The van der Waals surface area contributed by atoms with E-state index < -0.39 is 0 Å². The van der Waals surface area contributed by atoms with Crippen LogP contribution in [0.3, 0.4) is 0 Å². The molecule has 2 N–H and O–H groups in total. The van der Waals surface area contributed by atoms with E-state index in [2.05, 4.69) is 26.1 Å². The van der Waals surface area contributed by atoms with Crippen molar-refractivity contribution in [3.63, 3.8) is 0 Å². The SMILES string of the molecule is C=CCOCC=C.C[C@]12CC[C@@H]3c4ccc(O)cc4CC[C@H]3[C@@H]1CC[C@@H]2O. The van der Waals surface area contributed by atoms with E-state index in [1.807, 2.05) is 12.1 Å². The van der Waals surface area contributed by atoms with Crippen LogP contribution in [0.25, 0.3) is 0 Å². The molecule has 0 heterocycles. The Hall–Kier alpha value is -1.58. The van der Waals surface area contributed by atoms with E-state index in [0.717, 1.165) is 25.2 Å². The standard InChI is InChI=1S/C18H24O2.C6H10O/c1-18-9-8-14-13-5-3-12(19)10-11(13)2-4-15(14)16(18)6-7-17(18)20;1-3-5-7-6-4-2/h3,5,10,14-17,19-20H,2,4,6-9H2,1H3;3-4H,1-2,5-6H2/t14-,15-,16+,17+,18+;/m1./s1. The van der Waals surface area contributed by atoms with E-state index >= 15 is 0 Å². The minimum absolute atomic E-state index is 0.0883. The molecule has 2 saturated carbocycles. The molecular formula is C24H34O3. The zero-order valence-corrected chi connectivity index (χ0v) is 16.6. The third-order valence-corrected chi connectivity index (χ3v) is 7.13. The van der Waals surface area contributed by atoms with Gasteiger partial charge in [-0.2, -0.15) is 0 Å². The molecule has 0 spiro atoms. The lowest BCUT2D eigenvalue weighted by Gasteiger charge is -2.50. The van der Waals surface area contributed by atoms with Gasteiger partial charge in [-0.05, 0) is 85.0 Å². The normalized spacial score (nSPS) is 33.7. The molecule has 0 aromatic heterocycles. The summed E-state index contributed by atoms with van der Waals surface area (Å²) in [5.74, 6) is 2.49. The van der Waals surface area contributed by atoms with Crippen LogP contribution in [0.5, 0.6) is 5.75 Å². The molecule has 0 saturated heterocycles. The predicted octanol–water partition coefficient (Wildman–Crippen LogP) is 4.98. The van der Waals surface area contributed by atoms with E-state index in [4.69, 9.17) is 4.74 Å². The molecule has 0 radical (unpaired) electrons. The molecule has 3 nitrogen and oxygen atoms in total. The second kappa shape index (κ2) is 8.62. The van der Waals surface area contributed by atoms with Gasteiger partial charge in [0.15, 0.2) is 0 Å². The van der Waals surface area contributed by atoms with E-state index in [-0.39, 0.29) is 11.5 Å². The fourth-order valence-electron chi connectivity index (χ4n) is 5.78. The molecule has 3 aliphatic rings. The number of aliphatic hydroxyl groups is 1. The monoisotopic (exact) mass is 370 g/mol. The topological polar surface area (TPSA) is 49.7 Å². The quantitative estimate of drug-likeness (QED) is 0.580. The van der Waals surface area contributed by atoms with Gasteiger partial charge >= 0.3 is 0 Å². The number of ether oxygens (including phenoxy) is 1. The summed E-state index contributed by atoms with van der Waals surface area (Å²) in [7, 11) is 0. The number of phenolic OH excluding ortho intramolecular Hbond substituents is 1. The number of rotatable bonds is 4. The summed E-state index contributed by atoms with van der Waals surface area (Å²) in [5, 5.41) is 20.0. The molecule has 27 heavy (non-hydrogen) atoms. The molecule has 5 atom stereocenters. The molecule has 1 aromatic rings. The minimum Gasteiger partial charge on any atom is -0.508 e. The summed E-state index contributed by atoms with van der Waals surface area (Å²) >= 11 is 0. The first-order valence-electron chi connectivity index (χ1n) is 10.3. The summed E-state index contributed by atoms with van der Waals surface area (Å²) in [6.45, 7) is 10.5. The average molecular weight is 371 g/mol. The maximum atomic E-state index is 10.4. The van der Waals surface area contributed by atoms with Crippen LogP contribution in [0.15, 0.2) is 43.5 Å². The van der Waals surface area contributed by atoms with Crippen molar-refractivity contribution in [3.05, 3.63) is 54.6 Å². The van der Waals surface area contributed by atoms with Crippen LogP contribution in [0.4, 0.5) is 0 Å². The van der Waals surface area contributed by atoms with Crippen molar-refractivity contribution in [2.24, 2.45) is 17.3 Å². The van der Waals surface area contributed by atoms with Crippen LogP contribution in [-0.4, -0.2) is 29.5 Å². The Balaban J connectivity index is 0.000000260. The number of hydrogen-bond acceptors (Lipinski definition) is 3. The highest BCUT2D eigenvalue weighted by Crippen LogP contribution is 2.60. The van der Waals surface area contributed by atoms with Crippen molar-refractivity contribution in [1.29, 1.82) is 0 Å². The van der Waals surface area contributed by atoms with Gasteiger partial charge in [0.2, 0.25) is 0 Å². The number of hydrogen-bond donors (Lipinski definition) is 2. The highest BCUT2D eigenvalue weighted by molar-refractivity contribution is 5.40. The Morgan fingerprint density at radius 1 is 1.15 bits per heavy atom. The van der Waals surface area contributed by atoms with Gasteiger partial charge in [0, 0.05) is 0 Å². The molecule has 3 aliphatic carbocycles. The molecule has 148 valence electrons. The van der Waals surface area contributed by atoms with Crippen molar-refractivity contribution in [3.8, 4) is 5.75 Å². The van der Waals surface area contributed by atoms with E-state index in [9.17, 15) is 10.2 Å². The van der Waals surface area contributed by atoms with Gasteiger partial charge in [-0.3, -0.25) is 0 Å². The maximum absolute atomic E-state index is 10.4. The van der Waals surface area contributed by atoms with Gasteiger partial charge in [-0.1, -0.05) is 25.1 Å². The largest absolute Gasteiger partial charge is 0.508 e. The van der Waals surface area contributed by atoms with E-state index in [1.54, 1.807) is 12.2 Å². The number of aryl methyl sites for hydroxylation is 1. The Kier molecular flexibility index (Phi) is 6.44. The molecule has 0 amide bonds. The van der Waals surface area contributed by atoms with Gasteiger partial charge in [0.05, 0.1) is 19.3 Å². The first kappa shape index (κ1) is 20.2. The maximum Gasteiger partial charge on any atom is 0.115 e. The second-order valence-electron chi connectivity index (χ2n) is 8.55. The van der Waals surface area contributed by atoms with Crippen LogP contribution in [0.1, 0.15) is 56.1 Å². The number of phenols is 1. The summed E-state index contributed by atoms with van der Waals surface area (Å²) in [6.07, 6.45) is 10.2. The van der Waals surface area contributed by atoms with Crippen LogP contribution >= 0.6 is 0 Å². The minimum atomic E-state index is -0.0883. The zero-order chi connectivity index (χ0) is 19.4. The van der Waals surface area contributed by atoms with Crippen LogP contribution in [0.2, 0.25) is 0 Å². The van der Waals surface area contributed by atoms with Gasteiger partial charge < -0.3 is 14.9 Å². The first-order valence-corrected chi connectivity index (χ1v) is 10.3. The highest BCUT2D eigenvalue weighted by atomic mass is 16.5. The lowest BCUT2D eigenvalue weighted by atomic mass is 9.55. The Labute approximate surface area is 163 Å². The average Bonchev–Trinajstić information content (AvgIpc) is 2.97. The summed E-state index contributed by atoms with van der Waals surface area (Å²) in [5.41, 5.74) is 2.99. The lowest BCUT2D eigenvalue weighted by molar-refractivity contribution is -0.0226. The molecular weight excluding hydrogens is 336 g/mol. The summed E-state index contributed by atoms with van der Waals surface area (Å²) in [4.78, 5) is 0. The van der Waals surface area contributed by atoms with E-state index in [1.165, 1.54) is 30.4 Å². The first-order chi connectivity index (χ1) is 13.0. The van der Waals surface area contributed by atoms with Gasteiger partial charge in [-0.15, -0.1) is 13.2 Å². The van der Waals surface area contributed by atoms with Crippen molar-refractivity contribution >= 4 is 0 Å². The number of aromatic hydroxyl groups is 1. The zero-order valence-electron chi connectivity index (χ0n) is 16.6. The van der Waals surface area contributed by atoms with Gasteiger partial charge in [-0.25, -0.2) is 0 Å². The third-order valence-electron chi connectivity index (χ3n) is 7.13. The third kappa shape index (κ3) is 4.00. The Morgan fingerprint density at radius 2 is 1.89 bits per heavy atom. The van der Waals surface area contributed by atoms with Crippen molar-refractivity contribution in [2.75, 3.05) is 13.2 Å². The molecule has 0 bridgehead atoms. The Bertz CT molecular complexity index is 660. The number of fused-ring (bicyclic) bond motifs is 5. The molecule has 2 fully saturated rings. The molecule has 4 rings (SSSR count). The fraction of sp³-hybridized carbons (Fsp3) is 0.583. The fourth-order valence-corrected chi connectivity index (χ4v) is 5.78. The van der Waals surface area contributed by atoms with Crippen LogP contribution in [-0.2, 0) is 11.2 Å². The summed E-state index contributed by atoms with van der Waals surface area (Å²) < 4.78 is 4.90. The number of benzene rings is 1. The van der Waals surface area contributed by atoms with Gasteiger partial charge in [0.25, 0.3) is 0 Å². The van der Waals surface area contributed by atoms with Crippen molar-refractivity contribution in [1.82, 2.24) is 0 Å². The smallest absolute Gasteiger partial charge is 0.115 e. The Morgan fingerprint density at radius 3 is 2.59 bits per heavy atom. The van der Waals surface area contributed by atoms with Gasteiger partial charge in [0.1, 0.15) is 5.75 Å². The molecule has 3 heteroatoms. The molecule has 0 aliphatic heterocycles. The van der Waals surface area contributed by atoms with Crippen molar-refractivity contribution < 1.29 is 14.9 Å².